The van der Waals surface area contributed by atoms with Crippen molar-refractivity contribution in [3.63, 3.8) is 0 Å². The summed E-state index contributed by atoms with van der Waals surface area (Å²) in [6.07, 6.45) is 33.3. The first-order valence-corrected chi connectivity index (χ1v) is 21.2. The highest BCUT2D eigenvalue weighted by atomic mass is 16.7. The molecule has 6 N–H and O–H groups in total. The Morgan fingerprint density at radius 3 is 1.67 bits per heavy atom. The van der Waals surface area contributed by atoms with E-state index in [0.717, 1.165) is 57.8 Å². The Morgan fingerprint density at radius 2 is 1.13 bits per heavy atom. The zero-order valence-corrected chi connectivity index (χ0v) is 33.1. The third kappa shape index (κ3) is 24.7. The van der Waals surface area contributed by atoms with Gasteiger partial charge in [-0.2, -0.15) is 0 Å². The number of unbranched alkanes of at least 4 members (excludes halogenated alkanes) is 18. The van der Waals surface area contributed by atoms with Crippen molar-refractivity contribution in [3.05, 3.63) is 36.5 Å². The maximum Gasteiger partial charge on any atom is 0.220 e. The topological polar surface area (TPSA) is 149 Å². The van der Waals surface area contributed by atoms with Crippen LogP contribution < -0.4 is 5.32 Å². The number of aliphatic hydroxyl groups excluding tert-OH is 5. The van der Waals surface area contributed by atoms with Gasteiger partial charge in [0.25, 0.3) is 0 Å². The Morgan fingerprint density at radius 1 is 0.654 bits per heavy atom. The molecule has 0 aromatic carbocycles. The largest absolute Gasteiger partial charge is 0.394 e. The molecule has 304 valence electrons. The average molecular weight is 738 g/mol. The molecule has 0 aromatic rings. The number of ether oxygens (including phenoxy) is 2. The van der Waals surface area contributed by atoms with Crippen LogP contribution in [0.4, 0.5) is 0 Å². The molecule has 0 radical (unpaired) electrons. The zero-order valence-electron chi connectivity index (χ0n) is 33.1. The molecule has 7 unspecified atom stereocenters. The van der Waals surface area contributed by atoms with Crippen LogP contribution in [-0.4, -0.2) is 87.5 Å². The second kappa shape index (κ2) is 33.9. The summed E-state index contributed by atoms with van der Waals surface area (Å²) in [6, 6.07) is -0.719. The zero-order chi connectivity index (χ0) is 38.1. The molecular formula is C43H79NO8. The smallest absolute Gasteiger partial charge is 0.220 e. The average Bonchev–Trinajstić information content (AvgIpc) is 3.14. The van der Waals surface area contributed by atoms with Crippen LogP contribution >= 0.6 is 0 Å². The molecule has 1 amide bonds. The van der Waals surface area contributed by atoms with Gasteiger partial charge in [-0.15, -0.1) is 0 Å². The van der Waals surface area contributed by atoms with E-state index in [4.69, 9.17) is 9.47 Å². The fraction of sp³-hybridized carbons (Fsp3) is 0.837. The van der Waals surface area contributed by atoms with E-state index in [9.17, 15) is 30.3 Å². The Balaban J connectivity index is 2.22. The molecule has 0 saturated carbocycles. The summed E-state index contributed by atoms with van der Waals surface area (Å²) in [7, 11) is 0. The highest BCUT2D eigenvalue weighted by Gasteiger charge is 2.44. The van der Waals surface area contributed by atoms with Crippen molar-refractivity contribution < 1.29 is 39.8 Å². The number of allylic oxidation sites excluding steroid dienone is 6. The predicted octanol–water partition coefficient (Wildman–Crippen LogP) is 8.11. The summed E-state index contributed by atoms with van der Waals surface area (Å²) in [5, 5.41) is 53.9. The summed E-state index contributed by atoms with van der Waals surface area (Å²) in [5.41, 5.74) is 0. The van der Waals surface area contributed by atoms with E-state index in [1.165, 1.54) is 89.9 Å². The summed E-state index contributed by atoms with van der Waals surface area (Å²) >= 11 is 0. The number of hydrogen-bond acceptors (Lipinski definition) is 8. The standard InChI is InChI=1S/C43H79NO8/c1-3-5-7-9-11-12-13-14-15-16-17-18-19-20-21-22-23-24-25-26-27-29-31-33-39(47)44-36(37(46)32-30-28-10-8-6-4-2)35-51-43-42(50)41(49)40(48)38(34-45)52-43/h13-14,16-17,19-20,36-38,40-43,45-46,48-50H,3-12,15,18,21-35H2,1-2H3,(H,44,47)/b14-13-,17-16-,20-19-. The van der Waals surface area contributed by atoms with Crippen molar-refractivity contribution >= 4 is 5.91 Å². The molecule has 1 aliphatic heterocycles. The minimum absolute atomic E-state index is 0.143. The van der Waals surface area contributed by atoms with Gasteiger partial charge in [0, 0.05) is 6.42 Å². The van der Waals surface area contributed by atoms with Crippen LogP contribution in [0.25, 0.3) is 0 Å². The number of carbonyl (C=O) groups is 1. The van der Waals surface area contributed by atoms with Gasteiger partial charge in [-0.05, 0) is 51.4 Å². The van der Waals surface area contributed by atoms with Crippen LogP contribution in [0, 0.1) is 0 Å². The lowest BCUT2D eigenvalue weighted by atomic mass is 9.99. The molecule has 7 atom stereocenters. The number of amides is 1. The predicted molar refractivity (Wildman–Crippen MR) is 212 cm³/mol. The molecule has 0 aliphatic carbocycles. The monoisotopic (exact) mass is 738 g/mol. The summed E-state index contributed by atoms with van der Waals surface area (Å²) in [5.74, 6) is -0.159. The van der Waals surface area contributed by atoms with E-state index in [-0.39, 0.29) is 12.5 Å². The molecule has 0 bridgehead atoms. The van der Waals surface area contributed by atoms with Crippen LogP contribution in [0.3, 0.4) is 0 Å². The minimum atomic E-state index is -1.55. The highest BCUT2D eigenvalue weighted by Crippen LogP contribution is 2.23. The van der Waals surface area contributed by atoms with Gasteiger partial charge in [-0.3, -0.25) is 4.79 Å². The molecule has 1 fully saturated rings. The maximum absolute atomic E-state index is 12.9. The molecule has 1 aliphatic rings. The van der Waals surface area contributed by atoms with Crippen molar-refractivity contribution in [3.8, 4) is 0 Å². The molecule has 0 spiro atoms. The number of nitrogens with one attached hydrogen (secondary N) is 1. The van der Waals surface area contributed by atoms with E-state index in [2.05, 4.69) is 55.6 Å². The van der Waals surface area contributed by atoms with Gasteiger partial charge in [0.1, 0.15) is 24.4 Å². The number of carbonyl (C=O) groups excluding carboxylic acids is 1. The van der Waals surface area contributed by atoms with Gasteiger partial charge in [-0.1, -0.05) is 153 Å². The molecule has 1 saturated heterocycles. The third-order valence-electron chi connectivity index (χ3n) is 10.00. The normalized spacial score (nSPS) is 22.2. The Kier molecular flexibility index (Phi) is 31.6. The fourth-order valence-electron chi connectivity index (χ4n) is 6.52. The second-order valence-corrected chi connectivity index (χ2v) is 14.8. The Bertz CT molecular complexity index is 910. The van der Waals surface area contributed by atoms with E-state index < -0.39 is 49.5 Å². The van der Waals surface area contributed by atoms with Gasteiger partial charge in [0.2, 0.25) is 5.91 Å². The van der Waals surface area contributed by atoms with Crippen molar-refractivity contribution in [1.82, 2.24) is 5.32 Å². The van der Waals surface area contributed by atoms with Gasteiger partial charge in [0.05, 0.1) is 25.4 Å². The van der Waals surface area contributed by atoms with Crippen LogP contribution in [-0.2, 0) is 14.3 Å². The molecule has 9 heteroatoms. The molecule has 52 heavy (non-hydrogen) atoms. The van der Waals surface area contributed by atoms with E-state index in [1.54, 1.807) is 0 Å². The number of aliphatic hydroxyl groups is 5. The first-order chi connectivity index (χ1) is 25.3. The lowest BCUT2D eigenvalue weighted by molar-refractivity contribution is -0.302. The first-order valence-electron chi connectivity index (χ1n) is 21.2. The summed E-state index contributed by atoms with van der Waals surface area (Å²) < 4.78 is 11.2. The van der Waals surface area contributed by atoms with E-state index in [0.29, 0.717) is 12.8 Å². The van der Waals surface area contributed by atoms with Crippen molar-refractivity contribution in [1.29, 1.82) is 0 Å². The van der Waals surface area contributed by atoms with Crippen LogP contribution in [0.5, 0.6) is 0 Å². The van der Waals surface area contributed by atoms with Gasteiger partial charge >= 0.3 is 0 Å². The molecule has 0 aromatic heterocycles. The quantitative estimate of drug-likeness (QED) is 0.0287. The molecular weight excluding hydrogens is 658 g/mol. The third-order valence-corrected chi connectivity index (χ3v) is 10.00. The van der Waals surface area contributed by atoms with Gasteiger partial charge in [0.15, 0.2) is 6.29 Å². The van der Waals surface area contributed by atoms with Crippen LogP contribution in [0.1, 0.15) is 174 Å². The van der Waals surface area contributed by atoms with Crippen LogP contribution in [0.15, 0.2) is 36.5 Å². The lowest BCUT2D eigenvalue weighted by Crippen LogP contribution is -2.60. The SMILES string of the molecule is CCCCCCC/C=C\C/C=C\C/C=C\CCCCCCCCCCC(=O)NC(COC1OC(CO)C(O)C(O)C1O)C(O)CCCCCCCC. The number of hydrogen-bond donors (Lipinski definition) is 6. The first kappa shape index (κ1) is 48.4. The Hall–Kier alpha value is -1.59. The number of rotatable bonds is 34. The van der Waals surface area contributed by atoms with Crippen molar-refractivity contribution in [2.24, 2.45) is 0 Å². The van der Waals surface area contributed by atoms with Crippen molar-refractivity contribution in [2.45, 2.75) is 217 Å². The lowest BCUT2D eigenvalue weighted by Gasteiger charge is -2.40. The molecule has 9 nitrogen and oxygen atoms in total. The maximum atomic E-state index is 12.9. The second-order valence-electron chi connectivity index (χ2n) is 14.8. The highest BCUT2D eigenvalue weighted by molar-refractivity contribution is 5.76. The summed E-state index contributed by atoms with van der Waals surface area (Å²) in [6.45, 7) is 3.73. The van der Waals surface area contributed by atoms with Gasteiger partial charge in [-0.25, -0.2) is 0 Å². The minimum Gasteiger partial charge on any atom is -0.394 e. The summed E-state index contributed by atoms with van der Waals surface area (Å²) in [4.78, 5) is 12.9. The molecule has 1 rings (SSSR count). The fourth-order valence-corrected chi connectivity index (χ4v) is 6.52. The Labute approximate surface area is 317 Å². The van der Waals surface area contributed by atoms with E-state index >= 15 is 0 Å². The van der Waals surface area contributed by atoms with Gasteiger partial charge < -0.3 is 40.3 Å². The van der Waals surface area contributed by atoms with E-state index in [1.807, 2.05) is 0 Å². The van der Waals surface area contributed by atoms with Crippen LogP contribution in [0.2, 0.25) is 0 Å². The molecule has 1 heterocycles. The van der Waals surface area contributed by atoms with Crippen molar-refractivity contribution in [2.75, 3.05) is 13.2 Å².